The van der Waals surface area contributed by atoms with E-state index in [-0.39, 0.29) is 0 Å². The fourth-order valence-electron chi connectivity index (χ4n) is 2.98. The minimum absolute atomic E-state index is 0.364. The van der Waals surface area contributed by atoms with E-state index in [1.54, 1.807) is 11.8 Å². The Labute approximate surface area is 130 Å². The zero-order valence-electron chi connectivity index (χ0n) is 11.1. The minimum atomic E-state index is 0.364. The molecule has 1 aromatic heterocycles. The number of anilines is 2. The zero-order chi connectivity index (χ0) is 13.7. The number of aromatic nitrogens is 2. The van der Waals surface area contributed by atoms with Crippen molar-refractivity contribution in [2.75, 3.05) is 17.7 Å². The molecule has 0 atom stereocenters. The summed E-state index contributed by atoms with van der Waals surface area (Å²) in [6.45, 7) is 1.02. The quantitative estimate of drug-likeness (QED) is 0.763. The van der Waals surface area contributed by atoms with Crippen LogP contribution in [0, 0.1) is 0 Å². The Bertz CT molecular complexity index is 667. The Balaban J connectivity index is 1.82. The number of benzene rings is 1. The van der Waals surface area contributed by atoms with Crippen LogP contribution in [0.15, 0.2) is 40.0 Å². The SMILES string of the molecule is CSc1ccc2c(c1)N(c1ncc(Br)cn1)CC21CC1. The first-order chi connectivity index (χ1) is 9.72. The first-order valence-electron chi connectivity index (χ1n) is 6.65. The highest BCUT2D eigenvalue weighted by Crippen LogP contribution is 2.58. The van der Waals surface area contributed by atoms with Crippen molar-refractivity contribution in [1.29, 1.82) is 0 Å². The van der Waals surface area contributed by atoms with Gasteiger partial charge in [0, 0.05) is 34.9 Å². The lowest BCUT2D eigenvalue weighted by Gasteiger charge is -2.17. The van der Waals surface area contributed by atoms with Gasteiger partial charge in [0.15, 0.2) is 0 Å². The first-order valence-corrected chi connectivity index (χ1v) is 8.67. The van der Waals surface area contributed by atoms with Gasteiger partial charge < -0.3 is 4.90 Å². The van der Waals surface area contributed by atoms with Gasteiger partial charge in [-0.3, -0.25) is 0 Å². The average molecular weight is 348 g/mol. The van der Waals surface area contributed by atoms with Gasteiger partial charge >= 0.3 is 0 Å². The van der Waals surface area contributed by atoms with Gasteiger partial charge in [0.25, 0.3) is 0 Å². The molecule has 0 N–H and O–H groups in total. The Kier molecular flexibility index (Phi) is 2.82. The Morgan fingerprint density at radius 3 is 2.65 bits per heavy atom. The van der Waals surface area contributed by atoms with Crippen LogP contribution < -0.4 is 4.90 Å². The van der Waals surface area contributed by atoms with Crippen LogP contribution in [0.25, 0.3) is 0 Å². The van der Waals surface area contributed by atoms with Crippen LogP contribution in [-0.4, -0.2) is 22.8 Å². The van der Waals surface area contributed by atoms with Crippen molar-refractivity contribution in [1.82, 2.24) is 9.97 Å². The molecule has 1 spiro atoms. The number of halogens is 1. The van der Waals surface area contributed by atoms with Crippen molar-refractivity contribution in [3.8, 4) is 0 Å². The molecule has 4 rings (SSSR count). The Hall–Kier alpha value is -1.07. The molecule has 0 saturated heterocycles. The van der Waals surface area contributed by atoms with E-state index in [2.05, 4.69) is 55.3 Å². The largest absolute Gasteiger partial charge is 0.309 e. The van der Waals surface area contributed by atoms with Gasteiger partial charge in [0.05, 0.1) is 4.47 Å². The van der Waals surface area contributed by atoms with Gasteiger partial charge in [-0.05, 0) is 52.7 Å². The summed E-state index contributed by atoms with van der Waals surface area (Å²) in [7, 11) is 0. The third-order valence-electron chi connectivity index (χ3n) is 4.23. The highest BCUT2D eigenvalue weighted by Gasteiger charge is 2.52. The van der Waals surface area contributed by atoms with Crippen molar-refractivity contribution >= 4 is 39.3 Å². The monoisotopic (exact) mass is 347 g/mol. The second-order valence-electron chi connectivity index (χ2n) is 5.45. The Morgan fingerprint density at radius 2 is 2.00 bits per heavy atom. The molecule has 2 aromatic rings. The van der Waals surface area contributed by atoms with Crippen LogP contribution in [-0.2, 0) is 5.41 Å². The smallest absolute Gasteiger partial charge is 0.229 e. The predicted octanol–water partition coefficient (Wildman–Crippen LogP) is 4.14. The van der Waals surface area contributed by atoms with Gasteiger partial charge in [0.2, 0.25) is 5.95 Å². The van der Waals surface area contributed by atoms with E-state index in [4.69, 9.17) is 0 Å². The molecule has 1 aliphatic heterocycles. The normalized spacial score (nSPS) is 18.4. The van der Waals surface area contributed by atoms with Crippen molar-refractivity contribution in [3.63, 3.8) is 0 Å². The summed E-state index contributed by atoms with van der Waals surface area (Å²) in [6, 6.07) is 6.81. The molecule has 1 aromatic carbocycles. The van der Waals surface area contributed by atoms with E-state index in [0.717, 1.165) is 17.0 Å². The zero-order valence-corrected chi connectivity index (χ0v) is 13.5. The number of thioether (sulfide) groups is 1. The summed E-state index contributed by atoms with van der Waals surface area (Å²) < 4.78 is 0.916. The van der Waals surface area contributed by atoms with E-state index in [9.17, 15) is 0 Å². The molecule has 2 heterocycles. The molecule has 0 unspecified atom stereocenters. The Morgan fingerprint density at radius 1 is 1.25 bits per heavy atom. The topological polar surface area (TPSA) is 29.0 Å². The van der Waals surface area contributed by atoms with E-state index < -0.39 is 0 Å². The van der Waals surface area contributed by atoms with E-state index in [1.807, 2.05) is 12.4 Å². The van der Waals surface area contributed by atoms with Gasteiger partial charge in [-0.25, -0.2) is 9.97 Å². The molecule has 5 heteroatoms. The van der Waals surface area contributed by atoms with Gasteiger partial charge in [-0.15, -0.1) is 11.8 Å². The fraction of sp³-hybridized carbons (Fsp3) is 0.333. The third kappa shape index (κ3) is 1.87. The molecular formula is C15H14BrN3S. The van der Waals surface area contributed by atoms with Crippen LogP contribution >= 0.6 is 27.7 Å². The summed E-state index contributed by atoms with van der Waals surface area (Å²) in [4.78, 5) is 12.5. The minimum Gasteiger partial charge on any atom is -0.309 e. The second kappa shape index (κ2) is 4.46. The maximum atomic E-state index is 4.47. The number of hydrogen-bond acceptors (Lipinski definition) is 4. The lowest BCUT2D eigenvalue weighted by atomic mass is 9.99. The van der Waals surface area contributed by atoms with Crippen LogP contribution in [0.3, 0.4) is 0 Å². The molecule has 0 amide bonds. The molecular weight excluding hydrogens is 334 g/mol. The third-order valence-corrected chi connectivity index (χ3v) is 5.36. The first kappa shape index (κ1) is 12.7. The molecule has 1 fully saturated rings. The van der Waals surface area contributed by atoms with Crippen LogP contribution in [0.1, 0.15) is 18.4 Å². The summed E-state index contributed by atoms with van der Waals surface area (Å²) in [6.07, 6.45) is 8.32. The molecule has 2 aliphatic rings. The molecule has 1 aliphatic carbocycles. The van der Waals surface area contributed by atoms with Crippen molar-refractivity contribution in [2.45, 2.75) is 23.2 Å². The van der Waals surface area contributed by atoms with Gasteiger partial charge in [0.1, 0.15) is 0 Å². The highest BCUT2D eigenvalue weighted by atomic mass is 79.9. The molecule has 1 saturated carbocycles. The molecule has 102 valence electrons. The highest BCUT2D eigenvalue weighted by molar-refractivity contribution is 9.10. The van der Waals surface area contributed by atoms with Crippen molar-refractivity contribution < 1.29 is 0 Å². The van der Waals surface area contributed by atoms with Crippen molar-refractivity contribution in [3.05, 3.63) is 40.6 Å². The molecule has 0 bridgehead atoms. The number of nitrogens with zero attached hydrogens (tertiary/aromatic N) is 3. The summed E-state index contributed by atoms with van der Waals surface area (Å²) in [5, 5.41) is 0. The summed E-state index contributed by atoms with van der Waals surface area (Å²) in [5.41, 5.74) is 3.13. The van der Waals surface area contributed by atoms with E-state index >= 15 is 0 Å². The standard InChI is InChI=1S/C15H14BrN3S/c1-20-11-2-3-12-13(6-11)19(9-15(12)4-5-15)14-17-7-10(16)8-18-14/h2-3,6-8H,4-5,9H2,1H3. The van der Waals surface area contributed by atoms with Gasteiger partial charge in [-0.2, -0.15) is 0 Å². The second-order valence-corrected chi connectivity index (χ2v) is 7.25. The van der Waals surface area contributed by atoms with Crippen LogP contribution in [0.4, 0.5) is 11.6 Å². The van der Waals surface area contributed by atoms with Crippen LogP contribution in [0.5, 0.6) is 0 Å². The number of fused-ring (bicyclic) bond motifs is 2. The maximum absolute atomic E-state index is 4.47. The summed E-state index contributed by atoms with van der Waals surface area (Å²) in [5.74, 6) is 0.802. The van der Waals surface area contributed by atoms with E-state index in [1.165, 1.54) is 29.0 Å². The lowest BCUT2D eigenvalue weighted by Crippen LogP contribution is -2.21. The maximum Gasteiger partial charge on any atom is 0.229 e. The van der Waals surface area contributed by atoms with E-state index in [0.29, 0.717) is 5.41 Å². The molecule has 0 radical (unpaired) electrons. The molecule has 3 nitrogen and oxygen atoms in total. The number of hydrogen-bond donors (Lipinski definition) is 0. The summed E-state index contributed by atoms with van der Waals surface area (Å²) >= 11 is 5.18. The molecule has 20 heavy (non-hydrogen) atoms. The average Bonchev–Trinajstić information content (AvgIpc) is 3.18. The van der Waals surface area contributed by atoms with Gasteiger partial charge in [-0.1, -0.05) is 6.07 Å². The lowest BCUT2D eigenvalue weighted by molar-refractivity contribution is 0.735. The van der Waals surface area contributed by atoms with Crippen molar-refractivity contribution in [2.24, 2.45) is 0 Å². The predicted molar refractivity (Wildman–Crippen MR) is 85.9 cm³/mol. The van der Waals surface area contributed by atoms with Crippen LogP contribution in [0.2, 0.25) is 0 Å². The number of rotatable bonds is 2. The fourth-order valence-corrected chi connectivity index (χ4v) is 3.62.